The van der Waals surface area contributed by atoms with Gasteiger partial charge in [0.2, 0.25) is 0 Å². The van der Waals surface area contributed by atoms with Crippen molar-refractivity contribution in [3.8, 4) is 22.8 Å². The number of nitrogens with zero attached hydrogens (tertiary/aromatic N) is 2. The van der Waals surface area contributed by atoms with E-state index in [0.717, 1.165) is 11.3 Å². The van der Waals surface area contributed by atoms with Crippen LogP contribution in [0, 0.1) is 12.7 Å². The van der Waals surface area contributed by atoms with E-state index >= 15 is 0 Å². The molecule has 0 saturated heterocycles. The van der Waals surface area contributed by atoms with E-state index in [1.165, 1.54) is 19.5 Å². The van der Waals surface area contributed by atoms with Gasteiger partial charge < -0.3 is 14.8 Å². The third kappa shape index (κ3) is 3.52. The first-order valence-corrected chi connectivity index (χ1v) is 7.69. The highest BCUT2D eigenvalue weighted by molar-refractivity contribution is 5.70. The number of benzene rings is 2. The molecule has 0 amide bonds. The molecular formula is C19H18FN3O2. The Morgan fingerprint density at radius 2 is 1.80 bits per heavy atom. The molecule has 128 valence electrons. The third-order valence-corrected chi connectivity index (χ3v) is 3.76. The van der Waals surface area contributed by atoms with Crippen LogP contribution in [-0.4, -0.2) is 24.2 Å². The zero-order chi connectivity index (χ0) is 17.8. The molecule has 3 aromatic rings. The minimum absolute atomic E-state index is 0.239. The summed E-state index contributed by atoms with van der Waals surface area (Å²) in [5, 5.41) is 3.10. The molecule has 0 bridgehead atoms. The van der Waals surface area contributed by atoms with Crippen molar-refractivity contribution in [2.75, 3.05) is 19.5 Å². The summed E-state index contributed by atoms with van der Waals surface area (Å²) in [5.41, 5.74) is 2.85. The van der Waals surface area contributed by atoms with Crippen molar-refractivity contribution >= 4 is 11.5 Å². The van der Waals surface area contributed by atoms with E-state index in [-0.39, 0.29) is 5.75 Å². The van der Waals surface area contributed by atoms with Gasteiger partial charge in [0.15, 0.2) is 11.6 Å². The zero-order valence-corrected chi connectivity index (χ0v) is 14.2. The molecule has 0 fully saturated rings. The van der Waals surface area contributed by atoms with Gasteiger partial charge in [0.25, 0.3) is 0 Å². The summed E-state index contributed by atoms with van der Waals surface area (Å²) in [5.74, 6) is 1.09. The molecule has 0 spiro atoms. The minimum atomic E-state index is -0.427. The summed E-state index contributed by atoms with van der Waals surface area (Å²) in [6.45, 7) is 1.79. The number of methoxy groups -OCH3 is 2. The normalized spacial score (nSPS) is 10.4. The molecule has 1 aromatic heterocycles. The molecule has 0 atom stereocenters. The fourth-order valence-corrected chi connectivity index (χ4v) is 2.64. The summed E-state index contributed by atoms with van der Waals surface area (Å²) in [7, 11) is 3.06. The predicted molar refractivity (Wildman–Crippen MR) is 95.0 cm³/mol. The van der Waals surface area contributed by atoms with E-state index in [1.54, 1.807) is 26.2 Å². The van der Waals surface area contributed by atoms with Gasteiger partial charge in [0.05, 0.1) is 19.9 Å². The van der Waals surface area contributed by atoms with Crippen LogP contribution >= 0.6 is 0 Å². The maximum absolute atomic E-state index is 14.0. The maximum Gasteiger partial charge on any atom is 0.167 e. The number of rotatable bonds is 5. The first-order valence-electron chi connectivity index (χ1n) is 7.69. The van der Waals surface area contributed by atoms with Gasteiger partial charge in [-0.2, -0.15) is 0 Å². The van der Waals surface area contributed by atoms with Gasteiger partial charge in [-0.25, -0.2) is 14.4 Å². The molecule has 2 aromatic carbocycles. The highest BCUT2D eigenvalue weighted by Gasteiger charge is 2.11. The number of nitrogens with one attached hydrogen (secondary N) is 1. The third-order valence-electron chi connectivity index (χ3n) is 3.76. The number of hydrogen-bond acceptors (Lipinski definition) is 5. The fraction of sp³-hybridized carbons (Fsp3) is 0.158. The molecule has 0 radical (unpaired) electrons. The molecule has 6 heteroatoms. The second-order valence-corrected chi connectivity index (χ2v) is 5.42. The molecule has 0 saturated carbocycles. The Balaban J connectivity index is 1.93. The quantitative estimate of drug-likeness (QED) is 0.749. The van der Waals surface area contributed by atoms with E-state index in [4.69, 9.17) is 9.47 Å². The number of aromatic nitrogens is 2. The lowest BCUT2D eigenvalue weighted by Crippen LogP contribution is -1.99. The van der Waals surface area contributed by atoms with Gasteiger partial charge in [0, 0.05) is 23.4 Å². The van der Waals surface area contributed by atoms with Crippen molar-refractivity contribution in [3.05, 3.63) is 60.2 Å². The second kappa shape index (κ2) is 7.17. The summed E-state index contributed by atoms with van der Waals surface area (Å²) < 4.78 is 24.5. The number of ether oxygens (including phenoxy) is 2. The molecule has 0 aliphatic heterocycles. The smallest absolute Gasteiger partial charge is 0.167 e. The molecule has 25 heavy (non-hydrogen) atoms. The van der Waals surface area contributed by atoms with E-state index < -0.39 is 5.82 Å². The molecule has 0 unspecified atom stereocenters. The van der Waals surface area contributed by atoms with Crippen molar-refractivity contribution in [2.45, 2.75) is 6.92 Å². The van der Waals surface area contributed by atoms with E-state index in [1.807, 2.05) is 24.3 Å². The highest BCUT2D eigenvalue weighted by Crippen LogP contribution is 2.30. The Kier molecular flexibility index (Phi) is 4.79. The lowest BCUT2D eigenvalue weighted by molar-refractivity contribution is 0.383. The second-order valence-electron chi connectivity index (χ2n) is 5.42. The van der Waals surface area contributed by atoms with Crippen molar-refractivity contribution in [3.63, 3.8) is 0 Å². The molecule has 3 rings (SSSR count). The van der Waals surface area contributed by atoms with Crippen LogP contribution in [0.5, 0.6) is 11.5 Å². The van der Waals surface area contributed by atoms with Gasteiger partial charge in [0.1, 0.15) is 17.9 Å². The zero-order valence-electron chi connectivity index (χ0n) is 14.2. The molecule has 0 aliphatic rings. The van der Waals surface area contributed by atoms with Crippen molar-refractivity contribution in [1.82, 2.24) is 9.97 Å². The standard InChI is InChI=1S/C19H18FN3O2/c1-12-8-13(9-15(20)19(12)25-3)23-18-10-16(21-11-22-18)14-6-4-5-7-17(14)24-2/h4-11H,1-3H3,(H,21,22,23). The van der Waals surface area contributed by atoms with Gasteiger partial charge in [-0.3, -0.25) is 0 Å². The summed E-state index contributed by atoms with van der Waals surface area (Å²) >= 11 is 0. The SMILES string of the molecule is COc1ccccc1-c1cc(Nc2cc(C)c(OC)c(F)c2)ncn1. The number of para-hydroxylation sites is 1. The van der Waals surface area contributed by atoms with Crippen LogP contribution in [0.1, 0.15) is 5.56 Å². The Morgan fingerprint density at radius 1 is 1.00 bits per heavy atom. The average molecular weight is 339 g/mol. The van der Waals surface area contributed by atoms with Crippen LogP contribution in [0.2, 0.25) is 0 Å². The predicted octanol–water partition coefficient (Wildman–Crippen LogP) is 4.35. The number of halogens is 1. The van der Waals surface area contributed by atoms with E-state index in [2.05, 4.69) is 15.3 Å². The first-order chi connectivity index (χ1) is 12.1. The topological polar surface area (TPSA) is 56.3 Å². The summed E-state index contributed by atoms with van der Waals surface area (Å²) in [4.78, 5) is 8.50. The van der Waals surface area contributed by atoms with Gasteiger partial charge in [-0.15, -0.1) is 0 Å². The van der Waals surface area contributed by atoms with Gasteiger partial charge >= 0.3 is 0 Å². The van der Waals surface area contributed by atoms with Crippen molar-refractivity contribution in [1.29, 1.82) is 0 Å². The Morgan fingerprint density at radius 3 is 2.52 bits per heavy atom. The molecule has 0 aliphatic carbocycles. The number of hydrogen-bond donors (Lipinski definition) is 1. The minimum Gasteiger partial charge on any atom is -0.496 e. The number of aryl methyl sites for hydroxylation is 1. The molecule has 5 nitrogen and oxygen atoms in total. The molecule has 1 heterocycles. The van der Waals surface area contributed by atoms with E-state index in [0.29, 0.717) is 22.8 Å². The van der Waals surface area contributed by atoms with Crippen LogP contribution in [0.15, 0.2) is 48.8 Å². The van der Waals surface area contributed by atoms with Crippen LogP contribution in [0.4, 0.5) is 15.9 Å². The monoisotopic (exact) mass is 339 g/mol. The van der Waals surface area contributed by atoms with Crippen LogP contribution in [0.3, 0.4) is 0 Å². The lowest BCUT2D eigenvalue weighted by Gasteiger charge is -2.12. The maximum atomic E-state index is 14.0. The Labute approximate surface area is 145 Å². The summed E-state index contributed by atoms with van der Waals surface area (Å²) in [6.07, 6.45) is 1.46. The largest absolute Gasteiger partial charge is 0.496 e. The van der Waals surface area contributed by atoms with E-state index in [9.17, 15) is 4.39 Å². The summed E-state index contributed by atoms with van der Waals surface area (Å²) in [6, 6.07) is 12.6. The van der Waals surface area contributed by atoms with Crippen molar-refractivity contribution < 1.29 is 13.9 Å². The Hall–Kier alpha value is -3.15. The van der Waals surface area contributed by atoms with Gasteiger partial charge in [-0.05, 0) is 30.7 Å². The van der Waals surface area contributed by atoms with Crippen molar-refractivity contribution in [2.24, 2.45) is 0 Å². The van der Waals surface area contributed by atoms with Gasteiger partial charge in [-0.1, -0.05) is 12.1 Å². The van der Waals surface area contributed by atoms with Crippen LogP contribution in [0.25, 0.3) is 11.3 Å². The number of anilines is 2. The molecule has 1 N–H and O–H groups in total. The highest BCUT2D eigenvalue weighted by atomic mass is 19.1. The molecular weight excluding hydrogens is 321 g/mol. The van der Waals surface area contributed by atoms with Crippen LogP contribution < -0.4 is 14.8 Å². The first kappa shape index (κ1) is 16.7. The average Bonchev–Trinajstić information content (AvgIpc) is 2.61. The van der Waals surface area contributed by atoms with Crippen LogP contribution in [-0.2, 0) is 0 Å². The fourth-order valence-electron chi connectivity index (χ4n) is 2.64. The lowest BCUT2D eigenvalue weighted by atomic mass is 10.1. The Bertz CT molecular complexity index is 876.